The number of halogens is 1. The van der Waals surface area contributed by atoms with Crippen LogP contribution in [-0.2, 0) is 4.74 Å². The van der Waals surface area contributed by atoms with Gasteiger partial charge in [-0.15, -0.1) is 24.0 Å². The van der Waals surface area contributed by atoms with Crippen molar-refractivity contribution in [1.82, 2.24) is 10.6 Å². The van der Waals surface area contributed by atoms with E-state index in [1.807, 2.05) is 0 Å². The van der Waals surface area contributed by atoms with Crippen LogP contribution in [0, 0.1) is 5.92 Å². The molecule has 0 radical (unpaired) electrons. The van der Waals surface area contributed by atoms with Gasteiger partial charge in [0.2, 0.25) is 0 Å². The summed E-state index contributed by atoms with van der Waals surface area (Å²) in [5, 5.41) is 6.71. The van der Waals surface area contributed by atoms with Gasteiger partial charge in [-0.05, 0) is 38.5 Å². The Morgan fingerprint density at radius 3 is 2.71 bits per heavy atom. The van der Waals surface area contributed by atoms with Crippen molar-refractivity contribution in [2.75, 3.05) is 26.2 Å². The van der Waals surface area contributed by atoms with Crippen molar-refractivity contribution in [3.05, 3.63) is 0 Å². The maximum Gasteiger partial charge on any atom is 0.191 e. The summed E-state index contributed by atoms with van der Waals surface area (Å²) >= 11 is 0. The van der Waals surface area contributed by atoms with Gasteiger partial charge in [-0.1, -0.05) is 26.7 Å². The minimum absolute atomic E-state index is 0. The van der Waals surface area contributed by atoms with Gasteiger partial charge in [-0.3, -0.25) is 4.99 Å². The van der Waals surface area contributed by atoms with Gasteiger partial charge in [0, 0.05) is 26.2 Å². The molecule has 0 amide bonds. The van der Waals surface area contributed by atoms with E-state index in [-0.39, 0.29) is 24.0 Å². The molecule has 5 heteroatoms. The first-order valence-electron chi connectivity index (χ1n) is 8.36. The van der Waals surface area contributed by atoms with Crippen molar-refractivity contribution in [2.45, 2.75) is 65.4 Å². The zero-order valence-electron chi connectivity index (χ0n) is 14.0. The van der Waals surface area contributed by atoms with E-state index in [9.17, 15) is 0 Å². The summed E-state index contributed by atoms with van der Waals surface area (Å²) in [5.74, 6) is 1.76. The van der Waals surface area contributed by atoms with Crippen molar-refractivity contribution in [3.63, 3.8) is 0 Å². The monoisotopic (exact) mass is 411 g/mol. The minimum Gasteiger partial charge on any atom is -0.378 e. The Morgan fingerprint density at radius 1 is 1.29 bits per heavy atom. The zero-order valence-corrected chi connectivity index (χ0v) is 16.3. The Balaban J connectivity index is 0.00000400. The number of nitrogens with zero attached hydrogens (tertiary/aromatic N) is 1. The average molecular weight is 411 g/mol. The van der Waals surface area contributed by atoms with E-state index in [4.69, 9.17) is 4.74 Å². The van der Waals surface area contributed by atoms with Gasteiger partial charge in [-0.2, -0.15) is 0 Å². The SMILES string of the molecule is CCNC(=NCCCCC(C)C)NCCC1CCCO1.I. The van der Waals surface area contributed by atoms with Crippen molar-refractivity contribution < 1.29 is 4.74 Å². The van der Waals surface area contributed by atoms with Crippen molar-refractivity contribution in [1.29, 1.82) is 0 Å². The lowest BCUT2D eigenvalue weighted by atomic mass is 10.1. The fourth-order valence-electron chi connectivity index (χ4n) is 2.42. The quantitative estimate of drug-likeness (QED) is 0.264. The predicted octanol–water partition coefficient (Wildman–Crippen LogP) is 3.55. The third-order valence-corrected chi connectivity index (χ3v) is 3.59. The van der Waals surface area contributed by atoms with Crippen molar-refractivity contribution in [2.24, 2.45) is 10.9 Å². The molecule has 21 heavy (non-hydrogen) atoms. The van der Waals surface area contributed by atoms with Crippen molar-refractivity contribution in [3.8, 4) is 0 Å². The number of ether oxygens (including phenoxy) is 1. The van der Waals surface area contributed by atoms with Gasteiger partial charge in [0.1, 0.15) is 0 Å². The topological polar surface area (TPSA) is 45.7 Å². The lowest BCUT2D eigenvalue weighted by Gasteiger charge is -2.13. The highest BCUT2D eigenvalue weighted by Crippen LogP contribution is 2.14. The first-order chi connectivity index (χ1) is 9.72. The van der Waals surface area contributed by atoms with Crippen LogP contribution in [0.2, 0.25) is 0 Å². The van der Waals surface area contributed by atoms with Crippen LogP contribution in [0.3, 0.4) is 0 Å². The molecule has 1 unspecified atom stereocenters. The molecule has 0 aliphatic carbocycles. The van der Waals surface area contributed by atoms with Crippen LogP contribution in [0.1, 0.15) is 59.3 Å². The molecular formula is C16H34IN3O. The fourth-order valence-corrected chi connectivity index (χ4v) is 2.42. The number of nitrogens with one attached hydrogen (secondary N) is 2. The molecule has 1 aliphatic rings. The molecule has 4 nitrogen and oxygen atoms in total. The minimum atomic E-state index is 0. The van der Waals surface area contributed by atoms with Crippen LogP contribution in [0.25, 0.3) is 0 Å². The molecule has 1 rings (SSSR count). The molecule has 1 atom stereocenters. The highest BCUT2D eigenvalue weighted by atomic mass is 127. The smallest absolute Gasteiger partial charge is 0.191 e. The van der Waals surface area contributed by atoms with Crippen LogP contribution >= 0.6 is 24.0 Å². The number of hydrogen-bond acceptors (Lipinski definition) is 2. The second-order valence-corrected chi connectivity index (χ2v) is 6.00. The highest BCUT2D eigenvalue weighted by Gasteiger charge is 2.14. The van der Waals surface area contributed by atoms with Crippen molar-refractivity contribution >= 4 is 29.9 Å². The molecule has 0 aromatic heterocycles. The van der Waals surface area contributed by atoms with Gasteiger partial charge >= 0.3 is 0 Å². The Labute approximate surface area is 147 Å². The summed E-state index contributed by atoms with van der Waals surface area (Å²) in [6.45, 7) is 10.4. The Hall–Kier alpha value is -0.0400. The molecule has 0 aromatic rings. The second-order valence-electron chi connectivity index (χ2n) is 6.00. The molecule has 1 fully saturated rings. The number of unbranched alkanes of at least 4 members (excludes halogenated alkanes) is 1. The van der Waals surface area contributed by atoms with E-state index in [0.717, 1.165) is 44.5 Å². The molecule has 1 aliphatic heterocycles. The molecule has 0 bridgehead atoms. The summed E-state index contributed by atoms with van der Waals surface area (Å²) in [5.41, 5.74) is 0. The molecule has 126 valence electrons. The van der Waals surface area contributed by atoms with E-state index in [1.165, 1.54) is 32.1 Å². The Bertz CT molecular complexity index is 266. The standard InChI is InChI=1S/C16H33N3O.HI/c1-4-17-16(18-11-6-5-8-14(2)3)19-12-10-15-9-7-13-20-15;/h14-15H,4-13H2,1-3H3,(H2,17,18,19);1H. The van der Waals surface area contributed by atoms with E-state index >= 15 is 0 Å². The van der Waals surface area contributed by atoms with E-state index < -0.39 is 0 Å². The lowest BCUT2D eigenvalue weighted by molar-refractivity contribution is 0.105. The van der Waals surface area contributed by atoms with Gasteiger partial charge in [-0.25, -0.2) is 0 Å². The lowest BCUT2D eigenvalue weighted by Crippen LogP contribution is -2.38. The van der Waals surface area contributed by atoms with E-state index in [2.05, 4.69) is 36.4 Å². The molecule has 0 aromatic carbocycles. The number of hydrogen-bond donors (Lipinski definition) is 2. The molecular weight excluding hydrogens is 377 g/mol. The first-order valence-corrected chi connectivity index (χ1v) is 8.36. The van der Waals surface area contributed by atoms with Gasteiger partial charge < -0.3 is 15.4 Å². The molecule has 1 saturated heterocycles. The summed E-state index contributed by atoms with van der Waals surface area (Å²) in [6, 6.07) is 0. The van der Waals surface area contributed by atoms with E-state index in [1.54, 1.807) is 0 Å². The fraction of sp³-hybridized carbons (Fsp3) is 0.938. The van der Waals surface area contributed by atoms with Gasteiger partial charge in [0.05, 0.1) is 6.10 Å². The average Bonchev–Trinajstić information content (AvgIpc) is 2.91. The molecule has 1 heterocycles. The maximum atomic E-state index is 5.63. The predicted molar refractivity (Wildman–Crippen MR) is 102 cm³/mol. The summed E-state index contributed by atoms with van der Waals surface area (Å²) in [4.78, 5) is 4.63. The summed E-state index contributed by atoms with van der Waals surface area (Å²) in [6.07, 6.45) is 7.73. The van der Waals surface area contributed by atoms with Crippen LogP contribution in [-0.4, -0.2) is 38.3 Å². The first kappa shape index (κ1) is 21.0. The van der Waals surface area contributed by atoms with Gasteiger partial charge in [0.15, 0.2) is 5.96 Å². The summed E-state index contributed by atoms with van der Waals surface area (Å²) < 4.78 is 5.63. The number of rotatable bonds is 9. The largest absolute Gasteiger partial charge is 0.378 e. The van der Waals surface area contributed by atoms with Crippen LogP contribution in [0.15, 0.2) is 4.99 Å². The number of guanidine groups is 1. The van der Waals surface area contributed by atoms with Crippen LogP contribution in [0.4, 0.5) is 0 Å². The highest BCUT2D eigenvalue weighted by molar-refractivity contribution is 14.0. The normalized spacial score (nSPS) is 18.7. The number of aliphatic imine (C=N–C) groups is 1. The Kier molecular flexibility index (Phi) is 13.6. The van der Waals surface area contributed by atoms with E-state index in [0.29, 0.717) is 6.10 Å². The maximum absolute atomic E-state index is 5.63. The Morgan fingerprint density at radius 2 is 2.10 bits per heavy atom. The third kappa shape index (κ3) is 11.2. The second kappa shape index (κ2) is 13.6. The zero-order chi connectivity index (χ0) is 14.6. The molecule has 0 spiro atoms. The molecule has 0 saturated carbocycles. The molecule has 2 N–H and O–H groups in total. The third-order valence-electron chi connectivity index (χ3n) is 3.59. The summed E-state index contributed by atoms with van der Waals surface area (Å²) in [7, 11) is 0. The van der Waals surface area contributed by atoms with Crippen LogP contribution < -0.4 is 10.6 Å². The van der Waals surface area contributed by atoms with Gasteiger partial charge in [0.25, 0.3) is 0 Å². The van der Waals surface area contributed by atoms with Crippen LogP contribution in [0.5, 0.6) is 0 Å².